The van der Waals surface area contributed by atoms with E-state index >= 15 is 0 Å². The predicted molar refractivity (Wildman–Crippen MR) is 163 cm³/mol. The van der Waals surface area contributed by atoms with Gasteiger partial charge in [-0.2, -0.15) is 5.26 Å². The quantitative estimate of drug-likeness (QED) is 0.456. The number of nitrogens with one attached hydrogen (secondary N) is 1. The Labute approximate surface area is 260 Å². The number of nitrogens with zero attached hydrogens (tertiary/aromatic N) is 3. The third-order valence-corrected chi connectivity index (χ3v) is 14.9. The molecule has 0 bridgehead atoms. The van der Waals surface area contributed by atoms with Crippen LogP contribution in [-0.4, -0.2) is 46.2 Å². The summed E-state index contributed by atoms with van der Waals surface area (Å²) in [5, 5.41) is 22.7. The van der Waals surface area contributed by atoms with Gasteiger partial charge in [-0.05, 0) is 86.3 Å². The average molecular weight is 621 g/mol. The average Bonchev–Trinajstić information content (AvgIpc) is 2.95. The Morgan fingerprint density at radius 3 is 2.23 bits per heavy atom. The molecule has 0 radical (unpaired) electrons. The maximum atomic E-state index is 14.6. The minimum Gasteiger partial charge on any atom is -0.381 e. The van der Waals surface area contributed by atoms with Gasteiger partial charge in [0.2, 0.25) is 0 Å². The fourth-order valence-electron chi connectivity index (χ4n) is 10.6. The third-order valence-electron chi connectivity index (χ3n) is 13.4. The van der Waals surface area contributed by atoms with Crippen LogP contribution in [0.2, 0.25) is 0 Å². The van der Waals surface area contributed by atoms with Crippen LogP contribution in [0.15, 0.2) is 46.9 Å². The first kappa shape index (κ1) is 31.3. The van der Waals surface area contributed by atoms with Gasteiger partial charge in [-0.3, -0.25) is 9.59 Å². The van der Waals surface area contributed by atoms with Crippen LogP contribution in [-0.2, 0) is 19.6 Å². The van der Waals surface area contributed by atoms with Crippen LogP contribution in [0, 0.1) is 50.2 Å². The van der Waals surface area contributed by atoms with Gasteiger partial charge in [0, 0.05) is 40.1 Å². The summed E-state index contributed by atoms with van der Waals surface area (Å²) in [6, 6.07) is 3.68. The standard InChI is InChI=1S/C34H44N4O5S/c1-28(2)22-9-10-32(6)23(31(22,5)18-21(20-35)26(28)40)17-25(39)34(41)24-19-30(4,13-11-29(24,3)12-14-33(32,34)7)38-44(42,43)27-36-15-8-16-37-27/h8,15-18,22,24,38,41H,9-14,19H2,1-7H3/t22-,24+,29+,30-,31-,32+,33-,34+/m0/s1. The lowest BCUT2D eigenvalue weighted by Gasteiger charge is -2.71. The van der Waals surface area contributed by atoms with Crippen LogP contribution in [0.4, 0.5) is 0 Å². The Morgan fingerprint density at radius 1 is 0.955 bits per heavy atom. The van der Waals surface area contributed by atoms with E-state index in [1.54, 1.807) is 18.2 Å². The van der Waals surface area contributed by atoms with Crippen molar-refractivity contribution in [2.24, 2.45) is 38.9 Å². The molecule has 5 aliphatic carbocycles. The highest BCUT2D eigenvalue weighted by atomic mass is 32.2. The zero-order valence-corrected chi connectivity index (χ0v) is 27.6. The number of allylic oxidation sites excluding steroid dienone is 3. The number of rotatable bonds is 3. The Morgan fingerprint density at radius 2 is 1.59 bits per heavy atom. The highest BCUT2D eigenvalue weighted by Crippen LogP contribution is 2.75. The second kappa shape index (κ2) is 9.17. The predicted octanol–water partition coefficient (Wildman–Crippen LogP) is 4.84. The molecule has 44 heavy (non-hydrogen) atoms. The number of nitriles is 1. The van der Waals surface area contributed by atoms with E-state index in [0.29, 0.717) is 32.1 Å². The van der Waals surface area contributed by atoms with Gasteiger partial charge in [0.25, 0.3) is 15.2 Å². The molecule has 1 heterocycles. The minimum atomic E-state index is -4.04. The van der Waals surface area contributed by atoms with E-state index in [2.05, 4.69) is 41.5 Å². The van der Waals surface area contributed by atoms with Crippen LogP contribution in [0.5, 0.6) is 0 Å². The maximum absolute atomic E-state index is 14.6. The van der Waals surface area contributed by atoms with E-state index < -0.39 is 48.7 Å². The monoisotopic (exact) mass is 620 g/mol. The van der Waals surface area contributed by atoms with Crippen LogP contribution in [0.1, 0.15) is 93.4 Å². The van der Waals surface area contributed by atoms with E-state index in [-0.39, 0.29) is 40.0 Å². The van der Waals surface area contributed by atoms with Gasteiger partial charge in [0.1, 0.15) is 11.7 Å². The molecule has 1 aromatic heterocycles. The summed E-state index contributed by atoms with van der Waals surface area (Å²) >= 11 is 0. The molecule has 6 rings (SSSR count). The van der Waals surface area contributed by atoms with Crippen molar-refractivity contribution < 1.29 is 23.1 Å². The SMILES string of the molecule is CC1(C)C(=O)C(C#N)=C[C@]2(C)C3=CC(=O)[C@]4(O)[C@@H]5C[C@@](C)(NS(=O)(=O)c6ncccn6)CC[C@]5(C)CC[C@@]4(C)[C@]3(C)CC[C@@H]12. The highest BCUT2D eigenvalue weighted by Gasteiger charge is 2.75. The van der Waals surface area contributed by atoms with E-state index in [1.165, 1.54) is 12.4 Å². The fraction of sp³-hybridized carbons (Fsp3) is 0.676. The van der Waals surface area contributed by atoms with Gasteiger partial charge in [0.15, 0.2) is 11.6 Å². The van der Waals surface area contributed by atoms with Crippen LogP contribution < -0.4 is 4.72 Å². The number of fused-ring (bicyclic) bond motifs is 7. The van der Waals surface area contributed by atoms with Crippen LogP contribution in [0.25, 0.3) is 0 Å². The van der Waals surface area contributed by atoms with Crippen molar-refractivity contribution in [3.63, 3.8) is 0 Å². The molecule has 0 aromatic carbocycles. The molecule has 5 aliphatic rings. The van der Waals surface area contributed by atoms with Gasteiger partial charge in [-0.25, -0.2) is 23.1 Å². The highest BCUT2D eigenvalue weighted by molar-refractivity contribution is 7.89. The van der Waals surface area contributed by atoms with Gasteiger partial charge in [-0.15, -0.1) is 0 Å². The van der Waals surface area contributed by atoms with Crippen molar-refractivity contribution in [3.8, 4) is 6.07 Å². The molecule has 3 saturated carbocycles. The molecule has 0 saturated heterocycles. The normalized spacial score (nSPS) is 44.6. The molecule has 10 heteroatoms. The Hall–Kier alpha value is -2.74. The second-order valence-electron chi connectivity index (χ2n) is 16.1. The van der Waals surface area contributed by atoms with Gasteiger partial charge >= 0.3 is 0 Å². The van der Waals surface area contributed by atoms with E-state index in [9.17, 15) is 28.4 Å². The smallest absolute Gasteiger partial charge is 0.276 e. The second-order valence-corrected chi connectivity index (χ2v) is 17.6. The van der Waals surface area contributed by atoms with E-state index in [4.69, 9.17) is 0 Å². The lowest BCUT2D eigenvalue weighted by atomic mass is 9.33. The van der Waals surface area contributed by atoms with E-state index in [0.717, 1.165) is 12.0 Å². The van der Waals surface area contributed by atoms with Crippen molar-refractivity contribution in [3.05, 3.63) is 41.8 Å². The molecule has 0 spiro atoms. The first-order valence-corrected chi connectivity index (χ1v) is 17.2. The van der Waals surface area contributed by atoms with Crippen LogP contribution in [0.3, 0.4) is 0 Å². The molecular formula is C34H44N4O5S. The van der Waals surface area contributed by atoms with Crippen molar-refractivity contribution in [2.45, 2.75) is 110 Å². The van der Waals surface area contributed by atoms with E-state index in [1.807, 2.05) is 27.7 Å². The number of hydrogen-bond acceptors (Lipinski definition) is 8. The van der Waals surface area contributed by atoms with Crippen molar-refractivity contribution in [1.82, 2.24) is 14.7 Å². The third kappa shape index (κ3) is 3.78. The van der Waals surface area contributed by atoms with Crippen LogP contribution >= 0.6 is 0 Å². The summed E-state index contributed by atoms with van der Waals surface area (Å²) in [7, 11) is -4.04. The Bertz CT molecular complexity index is 1680. The first-order valence-electron chi connectivity index (χ1n) is 15.7. The Balaban J connectivity index is 1.46. The molecule has 0 aliphatic heterocycles. The number of carbonyl (C=O) groups is 2. The number of aromatic nitrogens is 2. The number of aliphatic hydroxyl groups is 1. The van der Waals surface area contributed by atoms with Gasteiger partial charge in [-0.1, -0.05) is 47.6 Å². The zero-order chi connectivity index (χ0) is 32.4. The summed E-state index contributed by atoms with van der Waals surface area (Å²) in [6.07, 6.45) is 10.5. The molecule has 3 fully saturated rings. The molecule has 9 nitrogen and oxygen atoms in total. The topological polar surface area (TPSA) is 150 Å². The van der Waals surface area contributed by atoms with Gasteiger partial charge in [0.05, 0.1) is 5.57 Å². The molecule has 0 amide bonds. The zero-order valence-electron chi connectivity index (χ0n) is 26.8. The number of Topliss-reactive ketones (excluding diaryl/α,β-unsaturated/α-hetero) is 1. The molecule has 8 atom stereocenters. The molecule has 0 unspecified atom stereocenters. The van der Waals surface area contributed by atoms with Gasteiger partial charge < -0.3 is 5.11 Å². The summed E-state index contributed by atoms with van der Waals surface area (Å²) < 4.78 is 29.5. The lowest BCUT2D eigenvalue weighted by molar-refractivity contribution is -0.239. The minimum absolute atomic E-state index is 0.0945. The molecule has 236 valence electrons. The van der Waals surface area contributed by atoms with Crippen molar-refractivity contribution in [1.29, 1.82) is 5.26 Å². The largest absolute Gasteiger partial charge is 0.381 e. The maximum Gasteiger partial charge on any atom is 0.276 e. The fourth-order valence-corrected chi connectivity index (χ4v) is 12.0. The summed E-state index contributed by atoms with van der Waals surface area (Å²) in [5.41, 5.74) is -4.93. The summed E-state index contributed by atoms with van der Waals surface area (Å²) in [4.78, 5) is 35.8. The van der Waals surface area contributed by atoms with Crippen molar-refractivity contribution in [2.75, 3.05) is 0 Å². The number of ketones is 2. The number of hydrogen-bond donors (Lipinski definition) is 2. The lowest BCUT2D eigenvalue weighted by Crippen LogP contribution is -2.74. The molecular weight excluding hydrogens is 576 g/mol. The molecule has 2 N–H and O–H groups in total. The molecule has 1 aromatic rings. The van der Waals surface area contributed by atoms with Crippen molar-refractivity contribution >= 4 is 21.6 Å². The number of carbonyl (C=O) groups excluding carboxylic acids is 2. The first-order chi connectivity index (χ1) is 20.2. The number of sulfonamides is 1. The summed E-state index contributed by atoms with van der Waals surface area (Å²) in [6.45, 7) is 14.0. The Kier molecular flexibility index (Phi) is 6.51. The summed E-state index contributed by atoms with van der Waals surface area (Å²) in [5.74, 6) is -1.11.